The average molecular weight is 321 g/mol. The highest BCUT2D eigenvalue weighted by atomic mass is 16.4. The molecule has 24 heavy (non-hydrogen) atoms. The number of hydrogen-bond acceptors (Lipinski definition) is 5. The SMILES string of the molecule is Cc1cc(O)cc(N2CCCc3oc(-c4ccccn4)nc3C2)c1. The number of phenols is 1. The Labute approximate surface area is 140 Å². The van der Waals surface area contributed by atoms with Crippen molar-refractivity contribution in [2.75, 3.05) is 11.4 Å². The van der Waals surface area contributed by atoms with Gasteiger partial charge in [0.1, 0.15) is 22.9 Å². The maximum atomic E-state index is 9.87. The Bertz CT molecular complexity index is 838. The number of pyridine rings is 1. The lowest BCUT2D eigenvalue weighted by Crippen LogP contribution is -2.22. The van der Waals surface area contributed by atoms with Crippen molar-refractivity contribution in [3.05, 3.63) is 59.6 Å². The fourth-order valence-electron chi connectivity index (χ4n) is 3.14. The summed E-state index contributed by atoms with van der Waals surface area (Å²) < 4.78 is 5.95. The molecule has 0 saturated heterocycles. The molecule has 2 aromatic heterocycles. The van der Waals surface area contributed by atoms with Gasteiger partial charge in [-0.25, -0.2) is 4.98 Å². The van der Waals surface area contributed by atoms with E-state index in [0.29, 0.717) is 18.2 Å². The van der Waals surface area contributed by atoms with Gasteiger partial charge in [0, 0.05) is 30.9 Å². The molecular formula is C19H19N3O2. The van der Waals surface area contributed by atoms with E-state index in [4.69, 9.17) is 4.42 Å². The van der Waals surface area contributed by atoms with Crippen molar-refractivity contribution in [2.24, 2.45) is 0 Å². The molecule has 1 N–H and O–H groups in total. The molecule has 0 atom stereocenters. The largest absolute Gasteiger partial charge is 0.508 e. The Morgan fingerprint density at radius 3 is 2.92 bits per heavy atom. The van der Waals surface area contributed by atoms with Crippen LogP contribution in [0.1, 0.15) is 23.4 Å². The van der Waals surface area contributed by atoms with Crippen molar-refractivity contribution >= 4 is 5.69 Å². The summed E-state index contributed by atoms with van der Waals surface area (Å²) in [4.78, 5) is 11.2. The minimum Gasteiger partial charge on any atom is -0.508 e. The number of anilines is 1. The number of benzene rings is 1. The third-order valence-electron chi connectivity index (χ3n) is 4.25. The molecule has 4 rings (SSSR count). The third kappa shape index (κ3) is 2.85. The highest BCUT2D eigenvalue weighted by Gasteiger charge is 2.22. The first-order chi connectivity index (χ1) is 11.7. The normalized spacial score (nSPS) is 14.3. The van der Waals surface area contributed by atoms with Crippen molar-refractivity contribution in [2.45, 2.75) is 26.3 Å². The van der Waals surface area contributed by atoms with Gasteiger partial charge in [-0.3, -0.25) is 4.98 Å². The Kier molecular flexibility index (Phi) is 3.69. The number of aromatic nitrogens is 2. The fraction of sp³-hybridized carbons (Fsp3) is 0.263. The number of aromatic hydroxyl groups is 1. The lowest BCUT2D eigenvalue weighted by atomic mass is 10.2. The number of phenolic OH excluding ortho intramolecular Hbond substituents is 1. The number of aryl methyl sites for hydroxylation is 2. The molecule has 0 spiro atoms. The van der Waals surface area contributed by atoms with E-state index in [0.717, 1.165) is 47.8 Å². The molecule has 0 fully saturated rings. The van der Waals surface area contributed by atoms with Crippen LogP contribution >= 0.6 is 0 Å². The first-order valence-electron chi connectivity index (χ1n) is 8.14. The molecule has 1 aromatic carbocycles. The molecule has 0 bridgehead atoms. The minimum absolute atomic E-state index is 0.295. The number of hydrogen-bond donors (Lipinski definition) is 1. The average Bonchev–Trinajstić information content (AvgIpc) is 2.86. The van der Waals surface area contributed by atoms with Crippen LogP contribution < -0.4 is 4.90 Å². The first-order valence-corrected chi connectivity index (χ1v) is 8.14. The number of oxazole rings is 1. The van der Waals surface area contributed by atoms with Crippen LogP contribution in [0, 0.1) is 6.92 Å². The van der Waals surface area contributed by atoms with Crippen molar-refractivity contribution in [1.82, 2.24) is 9.97 Å². The Hall–Kier alpha value is -2.82. The lowest BCUT2D eigenvalue weighted by Gasteiger charge is -2.22. The van der Waals surface area contributed by atoms with Gasteiger partial charge in [-0.05, 0) is 43.2 Å². The zero-order valence-corrected chi connectivity index (χ0v) is 13.6. The molecule has 0 amide bonds. The van der Waals surface area contributed by atoms with Crippen LogP contribution in [0.4, 0.5) is 5.69 Å². The molecule has 5 nitrogen and oxygen atoms in total. The molecule has 0 radical (unpaired) electrons. The molecular weight excluding hydrogens is 302 g/mol. The van der Waals surface area contributed by atoms with Gasteiger partial charge in [-0.15, -0.1) is 0 Å². The second kappa shape index (κ2) is 6.00. The molecule has 0 unspecified atom stereocenters. The molecule has 3 aromatic rings. The summed E-state index contributed by atoms with van der Waals surface area (Å²) in [6.45, 7) is 3.57. The predicted molar refractivity (Wildman–Crippen MR) is 91.9 cm³/mol. The molecule has 0 aliphatic carbocycles. The monoisotopic (exact) mass is 321 g/mol. The van der Waals surface area contributed by atoms with Crippen LogP contribution in [-0.4, -0.2) is 21.6 Å². The van der Waals surface area contributed by atoms with E-state index in [9.17, 15) is 5.11 Å². The highest BCUT2D eigenvalue weighted by molar-refractivity contribution is 5.54. The molecule has 5 heteroatoms. The van der Waals surface area contributed by atoms with Crippen LogP contribution in [0.25, 0.3) is 11.6 Å². The first kappa shape index (κ1) is 14.8. The smallest absolute Gasteiger partial charge is 0.245 e. The van der Waals surface area contributed by atoms with Crippen LogP contribution in [0.2, 0.25) is 0 Å². The second-order valence-corrected chi connectivity index (χ2v) is 6.16. The van der Waals surface area contributed by atoms with Crippen molar-refractivity contribution < 1.29 is 9.52 Å². The van der Waals surface area contributed by atoms with Gasteiger partial charge in [0.25, 0.3) is 0 Å². The fourth-order valence-corrected chi connectivity index (χ4v) is 3.14. The molecule has 122 valence electrons. The van der Waals surface area contributed by atoms with Gasteiger partial charge in [-0.1, -0.05) is 6.07 Å². The van der Waals surface area contributed by atoms with Gasteiger partial charge in [0.05, 0.1) is 6.54 Å². The van der Waals surface area contributed by atoms with Gasteiger partial charge < -0.3 is 14.4 Å². The van der Waals surface area contributed by atoms with E-state index in [1.165, 1.54) is 0 Å². The van der Waals surface area contributed by atoms with E-state index in [-0.39, 0.29) is 0 Å². The van der Waals surface area contributed by atoms with E-state index >= 15 is 0 Å². The summed E-state index contributed by atoms with van der Waals surface area (Å²) in [5.41, 5.74) is 3.77. The van der Waals surface area contributed by atoms with Gasteiger partial charge in [0.15, 0.2) is 0 Å². The van der Waals surface area contributed by atoms with E-state index in [2.05, 4.69) is 20.9 Å². The van der Waals surface area contributed by atoms with Crippen molar-refractivity contribution in [1.29, 1.82) is 0 Å². The van der Waals surface area contributed by atoms with Gasteiger partial charge in [0.2, 0.25) is 5.89 Å². The summed E-state index contributed by atoms with van der Waals surface area (Å²) in [6.07, 6.45) is 3.59. The zero-order valence-electron chi connectivity index (χ0n) is 13.6. The maximum absolute atomic E-state index is 9.87. The second-order valence-electron chi connectivity index (χ2n) is 6.16. The van der Waals surface area contributed by atoms with Crippen LogP contribution in [0.5, 0.6) is 5.75 Å². The minimum atomic E-state index is 0.295. The predicted octanol–water partition coefficient (Wildman–Crippen LogP) is 3.70. The summed E-state index contributed by atoms with van der Waals surface area (Å²) in [5.74, 6) is 1.81. The number of nitrogens with zero attached hydrogens (tertiary/aromatic N) is 3. The number of rotatable bonds is 2. The maximum Gasteiger partial charge on any atom is 0.245 e. The Morgan fingerprint density at radius 2 is 2.12 bits per heavy atom. The van der Waals surface area contributed by atoms with Crippen LogP contribution in [0.15, 0.2) is 47.0 Å². The van der Waals surface area contributed by atoms with Gasteiger partial charge in [-0.2, -0.15) is 0 Å². The topological polar surface area (TPSA) is 62.4 Å². The molecule has 1 aliphatic rings. The third-order valence-corrected chi connectivity index (χ3v) is 4.25. The van der Waals surface area contributed by atoms with Crippen LogP contribution in [-0.2, 0) is 13.0 Å². The van der Waals surface area contributed by atoms with Crippen molar-refractivity contribution in [3.63, 3.8) is 0 Å². The van der Waals surface area contributed by atoms with Crippen LogP contribution in [0.3, 0.4) is 0 Å². The summed E-state index contributed by atoms with van der Waals surface area (Å²) in [5, 5.41) is 9.87. The van der Waals surface area contributed by atoms with E-state index in [1.54, 1.807) is 18.3 Å². The van der Waals surface area contributed by atoms with Gasteiger partial charge >= 0.3 is 0 Å². The molecule has 1 aliphatic heterocycles. The number of fused-ring (bicyclic) bond motifs is 1. The van der Waals surface area contributed by atoms with E-state index < -0.39 is 0 Å². The summed E-state index contributed by atoms with van der Waals surface area (Å²) in [7, 11) is 0. The molecule has 3 heterocycles. The quantitative estimate of drug-likeness (QED) is 0.779. The Balaban J connectivity index is 1.66. The van der Waals surface area contributed by atoms with E-state index in [1.807, 2.05) is 25.1 Å². The lowest BCUT2D eigenvalue weighted by molar-refractivity contribution is 0.474. The summed E-state index contributed by atoms with van der Waals surface area (Å²) in [6, 6.07) is 11.4. The standard InChI is InChI=1S/C19H19N3O2/c1-13-9-14(11-15(23)10-13)22-8-4-6-18-17(12-22)21-19(24-18)16-5-2-3-7-20-16/h2-3,5,7,9-11,23H,4,6,8,12H2,1H3. The molecule has 0 saturated carbocycles. The zero-order chi connectivity index (χ0) is 16.5. The summed E-state index contributed by atoms with van der Waals surface area (Å²) >= 11 is 0. The Morgan fingerprint density at radius 1 is 1.21 bits per heavy atom. The van der Waals surface area contributed by atoms with Crippen molar-refractivity contribution in [3.8, 4) is 17.3 Å². The highest BCUT2D eigenvalue weighted by Crippen LogP contribution is 2.29.